The lowest BCUT2D eigenvalue weighted by atomic mass is 9.77. The Bertz CT molecular complexity index is 528. The van der Waals surface area contributed by atoms with Gasteiger partial charge in [-0.15, -0.1) is 0 Å². The molecule has 1 heterocycles. The van der Waals surface area contributed by atoms with Gasteiger partial charge >= 0.3 is 0 Å². The molecule has 5 heteroatoms. The molecule has 1 aromatic carbocycles. The van der Waals surface area contributed by atoms with Crippen molar-refractivity contribution in [1.29, 1.82) is 0 Å². The van der Waals surface area contributed by atoms with Crippen LogP contribution in [-0.2, 0) is 15.6 Å². The number of hydrogen-bond acceptors (Lipinski definition) is 2. The predicted octanol–water partition coefficient (Wildman–Crippen LogP) is 1.85. The molecule has 106 valence electrons. The largest absolute Gasteiger partial charge is 0.281 e. The van der Waals surface area contributed by atoms with E-state index in [9.17, 15) is 8.42 Å². The standard InChI is InChI=1S/C14H22N2O2S/c1-14(13-8-5-4-6-9-13)10-7-11-16(12-14)19(17,18)15(2)3/h4-6,8-9H,7,10-12H2,1-3H3/t14-/m0/s1. The van der Waals surface area contributed by atoms with Gasteiger partial charge in [-0.3, -0.25) is 0 Å². The summed E-state index contributed by atoms with van der Waals surface area (Å²) in [5.41, 5.74) is 1.12. The predicted molar refractivity (Wildman–Crippen MR) is 77.2 cm³/mol. The summed E-state index contributed by atoms with van der Waals surface area (Å²) in [6, 6.07) is 10.2. The van der Waals surface area contributed by atoms with Gasteiger partial charge in [0.05, 0.1) is 0 Å². The Kier molecular flexibility index (Phi) is 3.99. The molecule has 0 N–H and O–H groups in total. The molecule has 0 radical (unpaired) electrons. The highest BCUT2D eigenvalue weighted by molar-refractivity contribution is 7.86. The molecule has 0 aromatic heterocycles. The van der Waals surface area contributed by atoms with E-state index in [2.05, 4.69) is 19.1 Å². The molecular weight excluding hydrogens is 260 g/mol. The Labute approximate surface area is 116 Å². The van der Waals surface area contributed by atoms with E-state index in [4.69, 9.17) is 0 Å². The lowest BCUT2D eigenvalue weighted by Crippen LogP contribution is -2.50. The van der Waals surface area contributed by atoms with Gasteiger partial charge in [0.2, 0.25) is 0 Å². The number of piperidine rings is 1. The van der Waals surface area contributed by atoms with Crippen molar-refractivity contribution in [2.75, 3.05) is 27.2 Å². The molecule has 1 saturated heterocycles. The van der Waals surface area contributed by atoms with Crippen molar-refractivity contribution in [3.05, 3.63) is 35.9 Å². The van der Waals surface area contributed by atoms with Crippen LogP contribution < -0.4 is 0 Å². The maximum Gasteiger partial charge on any atom is 0.281 e. The van der Waals surface area contributed by atoms with E-state index >= 15 is 0 Å². The fourth-order valence-corrected chi connectivity index (χ4v) is 3.97. The Hall–Kier alpha value is -0.910. The molecule has 0 aliphatic carbocycles. The molecule has 0 amide bonds. The SMILES string of the molecule is CN(C)S(=O)(=O)N1CCC[C@](C)(c2ccccc2)C1. The minimum atomic E-state index is -3.31. The molecule has 1 fully saturated rings. The molecule has 4 nitrogen and oxygen atoms in total. The number of benzene rings is 1. The molecule has 1 aromatic rings. The van der Waals surface area contributed by atoms with Crippen LogP contribution in [0.5, 0.6) is 0 Å². The Morgan fingerprint density at radius 1 is 1.21 bits per heavy atom. The molecular formula is C14H22N2O2S. The first-order chi connectivity index (χ1) is 8.86. The van der Waals surface area contributed by atoms with Crippen LogP contribution >= 0.6 is 0 Å². The van der Waals surface area contributed by atoms with Gasteiger partial charge in [0.1, 0.15) is 0 Å². The number of rotatable bonds is 3. The maximum absolute atomic E-state index is 12.3. The quantitative estimate of drug-likeness (QED) is 0.849. The molecule has 0 unspecified atom stereocenters. The van der Waals surface area contributed by atoms with Crippen LogP contribution in [0.4, 0.5) is 0 Å². The van der Waals surface area contributed by atoms with Crippen molar-refractivity contribution in [3.63, 3.8) is 0 Å². The van der Waals surface area contributed by atoms with Crippen molar-refractivity contribution in [2.45, 2.75) is 25.2 Å². The van der Waals surface area contributed by atoms with Gasteiger partial charge in [-0.25, -0.2) is 0 Å². The van der Waals surface area contributed by atoms with Crippen LogP contribution in [-0.4, -0.2) is 44.2 Å². The van der Waals surface area contributed by atoms with Gasteiger partial charge in [-0.1, -0.05) is 37.3 Å². The van der Waals surface area contributed by atoms with Gasteiger partial charge in [0.25, 0.3) is 10.2 Å². The van der Waals surface area contributed by atoms with Crippen LogP contribution in [0, 0.1) is 0 Å². The average molecular weight is 282 g/mol. The second kappa shape index (κ2) is 5.23. The van der Waals surface area contributed by atoms with Crippen LogP contribution in [0.25, 0.3) is 0 Å². The van der Waals surface area contributed by atoms with Crippen LogP contribution in [0.2, 0.25) is 0 Å². The second-order valence-corrected chi connectivity index (χ2v) is 7.80. The van der Waals surface area contributed by atoms with Gasteiger partial charge in [-0.2, -0.15) is 17.0 Å². The zero-order valence-corrected chi connectivity index (χ0v) is 12.7. The third kappa shape index (κ3) is 2.83. The molecule has 0 saturated carbocycles. The van der Waals surface area contributed by atoms with E-state index in [1.165, 1.54) is 9.87 Å². The zero-order valence-electron chi connectivity index (χ0n) is 11.8. The molecule has 2 rings (SSSR count). The number of hydrogen-bond donors (Lipinski definition) is 0. The first-order valence-corrected chi connectivity index (χ1v) is 7.99. The van der Waals surface area contributed by atoms with Gasteiger partial charge < -0.3 is 0 Å². The highest BCUT2D eigenvalue weighted by Gasteiger charge is 2.38. The van der Waals surface area contributed by atoms with Crippen molar-refractivity contribution in [3.8, 4) is 0 Å². The molecule has 1 atom stereocenters. The summed E-state index contributed by atoms with van der Waals surface area (Å²) in [5, 5.41) is 0. The van der Waals surface area contributed by atoms with Crippen LogP contribution in [0.15, 0.2) is 30.3 Å². The summed E-state index contributed by atoms with van der Waals surface area (Å²) in [7, 11) is -0.138. The highest BCUT2D eigenvalue weighted by Crippen LogP contribution is 2.34. The van der Waals surface area contributed by atoms with Crippen LogP contribution in [0.1, 0.15) is 25.3 Å². The third-order valence-corrected chi connectivity index (χ3v) is 5.81. The summed E-state index contributed by atoms with van der Waals surface area (Å²) < 4.78 is 27.4. The zero-order chi connectivity index (χ0) is 14.1. The monoisotopic (exact) mass is 282 g/mol. The molecule has 0 spiro atoms. The molecule has 19 heavy (non-hydrogen) atoms. The fraction of sp³-hybridized carbons (Fsp3) is 0.571. The van der Waals surface area contributed by atoms with E-state index in [0.717, 1.165) is 12.8 Å². The molecule has 1 aliphatic rings. The Morgan fingerprint density at radius 2 is 1.84 bits per heavy atom. The number of nitrogens with zero attached hydrogens (tertiary/aromatic N) is 2. The third-order valence-electron chi connectivity index (χ3n) is 3.92. The normalized spacial score (nSPS) is 25.7. The maximum atomic E-state index is 12.3. The van der Waals surface area contributed by atoms with Crippen molar-refractivity contribution < 1.29 is 8.42 Å². The van der Waals surface area contributed by atoms with Gasteiger partial charge in [0.15, 0.2) is 0 Å². The minimum absolute atomic E-state index is 0.0947. The summed E-state index contributed by atoms with van der Waals surface area (Å²) in [6.45, 7) is 3.32. The van der Waals surface area contributed by atoms with E-state index in [1.54, 1.807) is 18.4 Å². The van der Waals surface area contributed by atoms with Crippen molar-refractivity contribution in [2.24, 2.45) is 0 Å². The Morgan fingerprint density at radius 3 is 2.42 bits per heavy atom. The first-order valence-electron chi connectivity index (χ1n) is 6.59. The summed E-state index contributed by atoms with van der Waals surface area (Å²) in [5.74, 6) is 0. The van der Waals surface area contributed by atoms with Crippen LogP contribution in [0.3, 0.4) is 0 Å². The Balaban J connectivity index is 2.27. The van der Waals surface area contributed by atoms with Gasteiger partial charge in [-0.05, 0) is 18.4 Å². The topological polar surface area (TPSA) is 40.6 Å². The molecule has 0 bridgehead atoms. The van der Waals surface area contributed by atoms with Crippen molar-refractivity contribution in [1.82, 2.24) is 8.61 Å². The second-order valence-electron chi connectivity index (χ2n) is 5.65. The minimum Gasteiger partial charge on any atom is -0.195 e. The van der Waals surface area contributed by atoms with E-state index < -0.39 is 10.2 Å². The summed E-state index contributed by atoms with van der Waals surface area (Å²) >= 11 is 0. The fourth-order valence-electron chi connectivity index (χ4n) is 2.70. The summed E-state index contributed by atoms with van der Waals surface area (Å²) in [4.78, 5) is 0. The lowest BCUT2D eigenvalue weighted by molar-refractivity contribution is 0.231. The van der Waals surface area contributed by atoms with E-state index in [-0.39, 0.29) is 5.41 Å². The smallest absolute Gasteiger partial charge is 0.195 e. The lowest BCUT2D eigenvalue weighted by Gasteiger charge is -2.40. The van der Waals surface area contributed by atoms with Gasteiger partial charge in [0, 0.05) is 32.6 Å². The van der Waals surface area contributed by atoms with E-state index in [0.29, 0.717) is 13.1 Å². The highest BCUT2D eigenvalue weighted by atomic mass is 32.2. The van der Waals surface area contributed by atoms with Crippen molar-refractivity contribution >= 4 is 10.2 Å². The average Bonchev–Trinajstić information content (AvgIpc) is 2.39. The molecule has 1 aliphatic heterocycles. The first kappa shape index (κ1) is 14.5. The van der Waals surface area contributed by atoms with E-state index in [1.807, 2.05) is 18.2 Å². The summed E-state index contributed by atoms with van der Waals surface area (Å²) in [6.07, 6.45) is 1.93.